The highest BCUT2D eigenvalue weighted by molar-refractivity contribution is 5.82. The predicted molar refractivity (Wildman–Crippen MR) is 78.3 cm³/mol. The number of hydrogen-bond acceptors (Lipinski definition) is 4. The van der Waals surface area contributed by atoms with Gasteiger partial charge < -0.3 is 14.8 Å². The summed E-state index contributed by atoms with van der Waals surface area (Å²) in [6.07, 6.45) is 0.258. The molecule has 0 aliphatic rings. The van der Waals surface area contributed by atoms with E-state index < -0.39 is 12.1 Å². The number of carbonyl (C=O) groups is 2. The molecule has 0 radical (unpaired) electrons. The Balaban J connectivity index is 3.88. The minimum atomic E-state index is -0.635. The molecule has 0 aliphatic carbocycles. The number of esters is 1. The molecular weight excluding hydrogens is 258 g/mol. The summed E-state index contributed by atoms with van der Waals surface area (Å²) in [5.41, 5.74) is 0. The van der Waals surface area contributed by atoms with Gasteiger partial charge in [-0.15, -0.1) is 0 Å². The van der Waals surface area contributed by atoms with Gasteiger partial charge in [-0.2, -0.15) is 0 Å². The van der Waals surface area contributed by atoms with Crippen molar-refractivity contribution in [2.75, 3.05) is 13.2 Å². The monoisotopic (exact) mass is 287 g/mol. The summed E-state index contributed by atoms with van der Waals surface area (Å²) in [7, 11) is 0. The second-order valence-electron chi connectivity index (χ2n) is 5.90. The first-order valence-corrected chi connectivity index (χ1v) is 7.31. The van der Waals surface area contributed by atoms with Crippen molar-refractivity contribution in [3.05, 3.63) is 0 Å². The topological polar surface area (TPSA) is 64.6 Å². The van der Waals surface area contributed by atoms with Gasteiger partial charge in [0.15, 0.2) is 12.7 Å². The summed E-state index contributed by atoms with van der Waals surface area (Å²) in [5, 5.41) is 2.77. The molecule has 0 saturated carbocycles. The molecule has 0 bridgehead atoms. The number of hydrogen-bond donors (Lipinski definition) is 1. The Labute approximate surface area is 122 Å². The third-order valence-electron chi connectivity index (χ3n) is 3.13. The first kappa shape index (κ1) is 18.9. The molecule has 0 saturated heterocycles. The van der Waals surface area contributed by atoms with Crippen molar-refractivity contribution in [3.8, 4) is 0 Å². The Morgan fingerprint density at radius 1 is 1.05 bits per heavy atom. The van der Waals surface area contributed by atoms with E-state index in [1.807, 2.05) is 20.8 Å². The summed E-state index contributed by atoms with van der Waals surface area (Å²) in [5.74, 6) is 0.0875. The van der Waals surface area contributed by atoms with E-state index in [2.05, 4.69) is 19.2 Å². The maximum absolute atomic E-state index is 11.6. The van der Waals surface area contributed by atoms with Gasteiger partial charge in [0.1, 0.15) is 0 Å². The maximum Gasteiger partial charge on any atom is 0.335 e. The molecule has 2 atom stereocenters. The van der Waals surface area contributed by atoms with Gasteiger partial charge in [0.05, 0.1) is 0 Å². The Morgan fingerprint density at radius 3 is 2.15 bits per heavy atom. The lowest BCUT2D eigenvalue weighted by Gasteiger charge is -2.18. The molecule has 2 unspecified atom stereocenters. The minimum Gasteiger partial charge on any atom is -0.454 e. The molecule has 5 heteroatoms. The molecule has 0 rings (SSSR count). The van der Waals surface area contributed by atoms with Crippen molar-refractivity contribution >= 4 is 11.9 Å². The van der Waals surface area contributed by atoms with Crippen LogP contribution in [0.25, 0.3) is 0 Å². The standard InChI is InChI=1S/C15H29NO4/c1-10(2)7-8-19-13(6)15(18)20-9-14(17)16-12(5)11(3)4/h10-13H,7-9H2,1-6H3,(H,16,17). The zero-order valence-corrected chi connectivity index (χ0v) is 13.6. The maximum atomic E-state index is 11.6. The van der Waals surface area contributed by atoms with Crippen LogP contribution in [-0.2, 0) is 19.1 Å². The molecule has 0 aliphatic heterocycles. The van der Waals surface area contributed by atoms with Crippen LogP contribution in [-0.4, -0.2) is 37.2 Å². The number of carbonyl (C=O) groups excluding carboxylic acids is 2. The molecule has 0 heterocycles. The van der Waals surface area contributed by atoms with Gasteiger partial charge in [-0.25, -0.2) is 4.79 Å². The number of rotatable bonds is 9. The average Bonchev–Trinajstić information content (AvgIpc) is 2.34. The predicted octanol–water partition coefficient (Wildman–Crippen LogP) is 2.14. The van der Waals surface area contributed by atoms with Crippen molar-refractivity contribution in [1.82, 2.24) is 5.32 Å². The minimum absolute atomic E-state index is 0.0564. The van der Waals surface area contributed by atoms with Gasteiger partial charge in [-0.3, -0.25) is 4.79 Å². The average molecular weight is 287 g/mol. The van der Waals surface area contributed by atoms with Gasteiger partial charge in [0.25, 0.3) is 5.91 Å². The SMILES string of the molecule is CC(C)CCOC(C)C(=O)OCC(=O)NC(C)C(C)C. The van der Waals surface area contributed by atoms with E-state index in [-0.39, 0.29) is 18.6 Å². The number of ether oxygens (including phenoxy) is 2. The molecule has 0 aromatic rings. The highest BCUT2D eigenvalue weighted by Gasteiger charge is 2.17. The van der Waals surface area contributed by atoms with Crippen LogP contribution in [0.1, 0.15) is 48.0 Å². The second kappa shape index (κ2) is 9.75. The van der Waals surface area contributed by atoms with Gasteiger partial charge >= 0.3 is 5.97 Å². The van der Waals surface area contributed by atoms with Gasteiger partial charge in [-0.05, 0) is 32.1 Å². The third-order valence-corrected chi connectivity index (χ3v) is 3.13. The van der Waals surface area contributed by atoms with Crippen molar-refractivity contribution in [2.45, 2.75) is 60.1 Å². The van der Waals surface area contributed by atoms with Gasteiger partial charge in [-0.1, -0.05) is 27.7 Å². The van der Waals surface area contributed by atoms with Gasteiger partial charge in [0, 0.05) is 12.6 Å². The van der Waals surface area contributed by atoms with Crippen molar-refractivity contribution in [1.29, 1.82) is 0 Å². The van der Waals surface area contributed by atoms with Crippen LogP contribution in [0.15, 0.2) is 0 Å². The van der Waals surface area contributed by atoms with Crippen molar-refractivity contribution in [3.63, 3.8) is 0 Å². The van der Waals surface area contributed by atoms with E-state index >= 15 is 0 Å². The van der Waals surface area contributed by atoms with E-state index in [9.17, 15) is 9.59 Å². The summed E-state index contributed by atoms with van der Waals surface area (Å²) < 4.78 is 10.3. The normalized spacial score (nSPS) is 14.2. The van der Waals surface area contributed by atoms with E-state index in [0.29, 0.717) is 18.4 Å². The van der Waals surface area contributed by atoms with Gasteiger partial charge in [0.2, 0.25) is 0 Å². The van der Waals surface area contributed by atoms with E-state index in [1.54, 1.807) is 6.92 Å². The zero-order valence-electron chi connectivity index (χ0n) is 13.6. The van der Waals surface area contributed by atoms with Crippen molar-refractivity contribution < 1.29 is 19.1 Å². The van der Waals surface area contributed by atoms with Crippen LogP contribution in [0.4, 0.5) is 0 Å². The fraction of sp³-hybridized carbons (Fsp3) is 0.867. The number of nitrogens with one attached hydrogen (secondary N) is 1. The smallest absolute Gasteiger partial charge is 0.335 e. The summed E-state index contributed by atoms with van der Waals surface area (Å²) >= 11 is 0. The summed E-state index contributed by atoms with van der Waals surface area (Å²) in [6, 6.07) is 0.0564. The van der Waals surface area contributed by atoms with Crippen LogP contribution in [0, 0.1) is 11.8 Å². The Bertz CT molecular complexity index is 302. The molecule has 0 aromatic heterocycles. The van der Waals surface area contributed by atoms with E-state index in [0.717, 1.165) is 6.42 Å². The first-order chi connectivity index (χ1) is 9.23. The zero-order chi connectivity index (χ0) is 15.7. The lowest BCUT2D eigenvalue weighted by atomic mass is 10.1. The van der Waals surface area contributed by atoms with Crippen LogP contribution in [0.5, 0.6) is 0 Å². The lowest BCUT2D eigenvalue weighted by molar-refractivity contribution is -0.159. The lowest BCUT2D eigenvalue weighted by Crippen LogP contribution is -2.39. The molecule has 5 nitrogen and oxygen atoms in total. The quantitative estimate of drug-likeness (QED) is 0.660. The molecule has 0 fully saturated rings. The highest BCUT2D eigenvalue weighted by atomic mass is 16.6. The third kappa shape index (κ3) is 8.91. The number of amides is 1. The molecule has 1 N–H and O–H groups in total. The fourth-order valence-corrected chi connectivity index (χ4v) is 1.26. The Morgan fingerprint density at radius 2 is 1.65 bits per heavy atom. The first-order valence-electron chi connectivity index (χ1n) is 7.31. The van der Waals surface area contributed by atoms with E-state index in [1.165, 1.54) is 0 Å². The second-order valence-corrected chi connectivity index (χ2v) is 5.90. The van der Waals surface area contributed by atoms with E-state index in [4.69, 9.17) is 9.47 Å². The van der Waals surface area contributed by atoms with Crippen molar-refractivity contribution in [2.24, 2.45) is 11.8 Å². The fourth-order valence-electron chi connectivity index (χ4n) is 1.26. The molecule has 0 aromatic carbocycles. The Kier molecular flexibility index (Phi) is 9.21. The van der Waals surface area contributed by atoms with Crippen LogP contribution < -0.4 is 5.32 Å². The van der Waals surface area contributed by atoms with Crippen LogP contribution in [0.3, 0.4) is 0 Å². The van der Waals surface area contributed by atoms with Crippen LogP contribution >= 0.6 is 0 Å². The highest BCUT2D eigenvalue weighted by Crippen LogP contribution is 2.03. The Hall–Kier alpha value is -1.10. The largest absolute Gasteiger partial charge is 0.454 e. The summed E-state index contributed by atoms with van der Waals surface area (Å²) in [6.45, 7) is 12.0. The summed E-state index contributed by atoms with van der Waals surface area (Å²) in [4.78, 5) is 23.2. The molecule has 1 amide bonds. The molecular formula is C15H29NO4. The van der Waals surface area contributed by atoms with Crippen LogP contribution in [0.2, 0.25) is 0 Å². The molecule has 0 spiro atoms. The molecule has 20 heavy (non-hydrogen) atoms. The molecule has 118 valence electrons.